The van der Waals surface area contributed by atoms with Crippen LogP contribution in [0.15, 0.2) is 59.0 Å². The van der Waals surface area contributed by atoms with E-state index in [0.717, 1.165) is 19.5 Å². The molecule has 0 radical (unpaired) electrons. The molecule has 0 N–H and O–H groups in total. The molecule has 8 nitrogen and oxygen atoms in total. The van der Waals surface area contributed by atoms with Gasteiger partial charge in [-0.2, -0.15) is 9.50 Å². The van der Waals surface area contributed by atoms with Gasteiger partial charge in [-0.05, 0) is 24.1 Å². The first-order chi connectivity index (χ1) is 16.6. The third-order valence-electron chi connectivity index (χ3n) is 6.00. The highest BCUT2D eigenvalue weighted by Gasteiger charge is 2.28. The predicted molar refractivity (Wildman–Crippen MR) is 129 cm³/mol. The Kier molecular flexibility index (Phi) is 6.62. The molecular weight excluding hydrogens is 454 g/mol. The molecular formula is C25H26ClN5O3. The van der Waals surface area contributed by atoms with Crippen molar-refractivity contribution in [3.63, 3.8) is 0 Å². The molecule has 1 aliphatic heterocycles. The number of rotatable bonds is 7. The lowest BCUT2D eigenvalue weighted by Gasteiger charge is -2.26. The summed E-state index contributed by atoms with van der Waals surface area (Å²) in [4.78, 5) is 21.9. The number of oxazole rings is 1. The first-order valence-corrected chi connectivity index (χ1v) is 11.7. The summed E-state index contributed by atoms with van der Waals surface area (Å²) in [5, 5.41) is 5.22. The molecule has 1 fully saturated rings. The van der Waals surface area contributed by atoms with Crippen molar-refractivity contribution in [3.8, 4) is 11.4 Å². The summed E-state index contributed by atoms with van der Waals surface area (Å²) in [6.07, 6.45) is 0.759. The van der Waals surface area contributed by atoms with E-state index in [9.17, 15) is 4.79 Å². The van der Waals surface area contributed by atoms with Crippen LogP contribution in [0.5, 0.6) is 0 Å². The van der Waals surface area contributed by atoms with Crippen molar-refractivity contribution in [3.05, 3.63) is 76.6 Å². The minimum Gasteiger partial charge on any atom is -0.416 e. The number of morpholine rings is 1. The van der Waals surface area contributed by atoms with E-state index >= 15 is 0 Å². The number of benzene rings is 2. The first kappa shape index (κ1) is 22.6. The lowest BCUT2D eigenvalue weighted by molar-refractivity contribution is 0.0330. The molecule has 1 aliphatic rings. The zero-order chi connectivity index (χ0) is 23.5. The molecule has 1 saturated heterocycles. The molecule has 0 unspecified atom stereocenters. The highest BCUT2D eigenvalue weighted by molar-refractivity contribution is 6.33. The minimum absolute atomic E-state index is 0.189. The number of hydrogen-bond acceptors (Lipinski definition) is 6. The van der Waals surface area contributed by atoms with Crippen molar-refractivity contribution in [2.24, 2.45) is 0 Å². The number of ether oxygens (including phenoxy) is 1. The van der Waals surface area contributed by atoms with E-state index in [-0.39, 0.29) is 17.5 Å². The maximum Gasteiger partial charge on any atom is 0.325 e. The topological polar surface area (TPSA) is 76.1 Å². The van der Waals surface area contributed by atoms with Gasteiger partial charge in [0.25, 0.3) is 5.91 Å². The van der Waals surface area contributed by atoms with Gasteiger partial charge in [-0.3, -0.25) is 9.69 Å². The van der Waals surface area contributed by atoms with Gasteiger partial charge < -0.3 is 14.1 Å². The first-order valence-electron chi connectivity index (χ1n) is 11.3. The second-order valence-corrected chi connectivity index (χ2v) is 8.75. The van der Waals surface area contributed by atoms with Crippen LogP contribution in [0.2, 0.25) is 5.02 Å². The van der Waals surface area contributed by atoms with Crippen LogP contribution in [0.25, 0.3) is 17.2 Å². The average Bonchev–Trinajstić information content (AvgIpc) is 3.43. The smallest absolute Gasteiger partial charge is 0.325 e. The van der Waals surface area contributed by atoms with Crippen LogP contribution in [0.3, 0.4) is 0 Å². The van der Waals surface area contributed by atoms with Crippen molar-refractivity contribution in [1.29, 1.82) is 0 Å². The summed E-state index contributed by atoms with van der Waals surface area (Å²) in [5.41, 5.74) is 2.57. The van der Waals surface area contributed by atoms with Crippen LogP contribution in [0.4, 0.5) is 0 Å². The van der Waals surface area contributed by atoms with E-state index in [4.69, 9.17) is 20.8 Å². The summed E-state index contributed by atoms with van der Waals surface area (Å²) < 4.78 is 13.1. The van der Waals surface area contributed by atoms with Crippen LogP contribution in [-0.4, -0.2) is 70.2 Å². The Bertz CT molecular complexity index is 1280. The number of amides is 1. The Morgan fingerprint density at radius 1 is 1.09 bits per heavy atom. The molecule has 0 bridgehead atoms. The Labute approximate surface area is 202 Å². The van der Waals surface area contributed by atoms with E-state index < -0.39 is 0 Å². The monoisotopic (exact) mass is 479 g/mol. The molecule has 2 aromatic heterocycles. The zero-order valence-electron chi connectivity index (χ0n) is 19.0. The van der Waals surface area contributed by atoms with E-state index in [0.29, 0.717) is 48.4 Å². The van der Waals surface area contributed by atoms with Crippen LogP contribution >= 0.6 is 11.6 Å². The van der Waals surface area contributed by atoms with E-state index in [1.807, 2.05) is 36.4 Å². The molecule has 0 atom stereocenters. The molecule has 5 rings (SSSR count). The lowest BCUT2D eigenvalue weighted by atomic mass is 10.1. The summed E-state index contributed by atoms with van der Waals surface area (Å²) >= 11 is 6.35. The van der Waals surface area contributed by atoms with E-state index in [1.54, 1.807) is 22.5 Å². The summed E-state index contributed by atoms with van der Waals surface area (Å²) in [6, 6.07) is 17.5. The molecule has 4 aromatic rings. The van der Waals surface area contributed by atoms with Gasteiger partial charge in [0.1, 0.15) is 5.69 Å². The SMILES string of the molecule is CN(CCc1ccccc1)C(=O)c1oc2nc(-c3ccccc3Cl)nn2c1CN1CCOCC1. The summed E-state index contributed by atoms with van der Waals surface area (Å²) in [6.45, 7) is 3.94. The number of aromatic nitrogens is 3. The van der Waals surface area contributed by atoms with Crippen molar-refractivity contribution in [2.45, 2.75) is 13.0 Å². The lowest BCUT2D eigenvalue weighted by Crippen LogP contribution is -2.37. The van der Waals surface area contributed by atoms with Gasteiger partial charge >= 0.3 is 5.84 Å². The van der Waals surface area contributed by atoms with E-state index in [2.05, 4.69) is 27.1 Å². The summed E-state index contributed by atoms with van der Waals surface area (Å²) in [7, 11) is 1.79. The molecule has 2 aromatic carbocycles. The molecule has 9 heteroatoms. The maximum atomic E-state index is 13.4. The molecule has 34 heavy (non-hydrogen) atoms. The van der Waals surface area contributed by atoms with Gasteiger partial charge in [0.05, 0.1) is 18.2 Å². The highest BCUT2D eigenvalue weighted by atomic mass is 35.5. The van der Waals surface area contributed by atoms with Gasteiger partial charge in [-0.15, -0.1) is 5.10 Å². The van der Waals surface area contributed by atoms with Gasteiger partial charge in [0, 0.05) is 38.8 Å². The molecule has 176 valence electrons. The van der Waals surface area contributed by atoms with E-state index in [1.165, 1.54) is 5.56 Å². The second-order valence-electron chi connectivity index (χ2n) is 8.34. The molecule has 3 heterocycles. The van der Waals surface area contributed by atoms with Gasteiger partial charge in [0.2, 0.25) is 5.76 Å². The van der Waals surface area contributed by atoms with Gasteiger partial charge in [-0.25, -0.2) is 0 Å². The highest BCUT2D eigenvalue weighted by Crippen LogP contribution is 2.27. The molecule has 1 amide bonds. The standard InChI is InChI=1S/C25H26ClN5O3/c1-29(12-11-18-7-3-2-4-8-18)24(32)22-21(17-30-13-15-33-16-14-30)31-25(34-22)27-23(28-31)19-9-5-6-10-20(19)26/h2-10H,11-17H2,1H3. The fourth-order valence-corrected chi connectivity index (χ4v) is 4.26. The fourth-order valence-electron chi connectivity index (χ4n) is 4.04. The number of nitrogens with zero attached hydrogens (tertiary/aromatic N) is 5. The Hall–Kier alpha value is -3.20. The fraction of sp³-hybridized carbons (Fsp3) is 0.320. The van der Waals surface area contributed by atoms with Crippen LogP contribution in [0.1, 0.15) is 21.8 Å². The number of halogens is 1. The van der Waals surface area contributed by atoms with Crippen LogP contribution in [0, 0.1) is 0 Å². The van der Waals surface area contributed by atoms with Crippen molar-refractivity contribution in [2.75, 3.05) is 39.9 Å². The number of likely N-dealkylation sites (N-methyl/N-ethyl adjacent to an activating group) is 1. The quantitative estimate of drug-likeness (QED) is 0.401. The summed E-state index contributed by atoms with van der Waals surface area (Å²) in [5.74, 6) is 0.815. The second kappa shape index (κ2) is 9.97. The third-order valence-corrected chi connectivity index (χ3v) is 6.33. The van der Waals surface area contributed by atoms with Gasteiger partial charge in [0.15, 0.2) is 5.82 Å². The Balaban J connectivity index is 1.45. The Morgan fingerprint density at radius 2 is 1.82 bits per heavy atom. The number of fused-ring (bicyclic) bond motifs is 1. The van der Waals surface area contributed by atoms with Gasteiger partial charge in [-0.1, -0.05) is 54.1 Å². The number of carbonyl (C=O) groups is 1. The van der Waals surface area contributed by atoms with Crippen molar-refractivity contribution in [1.82, 2.24) is 24.4 Å². The average molecular weight is 480 g/mol. The Morgan fingerprint density at radius 3 is 2.59 bits per heavy atom. The molecule has 0 aliphatic carbocycles. The predicted octanol–water partition coefficient (Wildman–Crippen LogP) is 3.79. The maximum absolute atomic E-state index is 13.4. The normalized spacial score (nSPS) is 14.5. The molecule has 0 saturated carbocycles. The minimum atomic E-state index is -0.189. The number of carbonyl (C=O) groups excluding carboxylic acids is 1. The van der Waals surface area contributed by atoms with Crippen molar-refractivity contribution >= 4 is 23.4 Å². The van der Waals surface area contributed by atoms with Crippen LogP contribution < -0.4 is 0 Å². The zero-order valence-corrected chi connectivity index (χ0v) is 19.7. The molecule has 0 spiro atoms. The van der Waals surface area contributed by atoms with Crippen LogP contribution in [-0.2, 0) is 17.7 Å². The third kappa shape index (κ3) is 4.70. The van der Waals surface area contributed by atoms with Crippen molar-refractivity contribution < 1.29 is 13.9 Å². The largest absolute Gasteiger partial charge is 0.416 e. The number of hydrogen-bond donors (Lipinski definition) is 0.